The lowest BCUT2D eigenvalue weighted by atomic mass is 10.0. The van der Waals surface area contributed by atoms with Crippen LogP contribution in [0.15, 0.2) is 17.0 Å². The molecule has 9 heteroatoms. The molecule has 0 saturated carbocycles. The molecule has 2 aliphatic heterocycles. The minimum Gasteiger partial charge on any atom is -0.316 e. The van der Waals surface area contributed by atoms with E-state index in [1.807, 2.05) is 0 Å². The minimum absolute atomic E-state index is 0. The number of benzene rings is 1. The smallest absolute Gasteiger partial charge is 0.271 e. The third-order valence-electron chi connectivity index (χ3n) is 4.79. The van der Waals surface area contributed by atoms with E-state index in [0.717, 1.165) is 13.1 Å². The van der Waals surface area contributed by atoms with E-state index in [4.69, 9.17) is 0 Å². The number of halogens is 1. The van der Waals surface area contributed by atoms with Gasteiger partial charge in [0, 0.05) is 25.2 Å². The number of aryl methyl sites for hydroxylation is 1. The van der Waals surface area contributed by atoms with E-state index in [-0.39, 0.29) is 23.0 Å². The first kappa shape index (κ1) is 18.1. The highest BCUT2D eigenvalue weighted by molar-refractivity contribution is 7.89. The molecule has 0 radical (unpaired) electrons. The fraction of sp³-hybridized carbons (Fsp3) is 0.571. The van der Waals surface area contributed by atoms with Crippen LogP contribution in [-0.4, -0.2) is 43.8 Å². The predicted molar refractivity (Wildman–Crippen MR) is 88.4 cm³/mol. The van der Waals surface area contributed by atoms with Gasteiger partial charge in [0.05, 0.1) is 9.82 Å². The Labute approximate surface area is 141 Å². The van der Waals surface area contributed by atoms with E-state index >= 15 is 0 Å². The Balaban J connectivity index is 0.00000192. The molecule has 0 aromatic heterocycles. The second kappa shape index (κ2) is 6.35. The lowest BCUT2D eigenvalue weighted by molar-refractivity contribution is -0.385. The average molecular weight is 362 g/mol. The molecule has 2 fully saturated rings. The van der Waals surface area contributed by atoms with Crippen molar-refractivity contribution in [2.45, 2.75) is 18.7 Å². The maximum absolute atomic E-state index is 12.9. The third kappa shape index (κ3) is 3.08. The first-order valence-electron chi connectivity index (χ1n) is 7.27. The Kier molecular flexibility index (Phi) is 5.00. The second-order valence-corrected chi connectivity index (χ2v) is 8.05. The van der Waals surface area contributed by atoms with Gasteiger partial charge in [-0.3, -0.25) is 10.1 Å². The minimum atomic E-state index is -3.69. The summed E-state index contributed by atoms with van der Waals surface area (Å²) in [7, 11) is -3.69. The van der Waals surface area contributed by atoms with Crippen LogP contribution in [0.3, 0.4) is 0 Å². The van der Waals surface area contributed by atoms with Gasteiger partial charge in [-0.2, -0.15) is 4.31 Å². The van der Waals surface area contributed by atoms with Crippen LogP contribution >= 0.6 is 12.4 Å². The normalized spacial score (nSPS) is 24.3. The standard InChI is InChI=1S/C14H19N3O4S.ClH/c1-9-3-13(17(18)19)4-14(10(9)2)22(20,21)16-7-11-5-15-6-12(11)8-16;/h3-4,11-12,15H,5-8H2,1-2H3;1H/t11-,12+;. The summed E-state index contributed by atoms with van der Waals surface area (Å²) >= 11 is 0. The summed E-state index contributed by atoms with van der Waals surface area (Å²) in [4.78, 5) is 10.5. The average Bonchev–Trinajstić information content (AvgIpc) is 3.02. The summed E-state index contributed by atoms with van der Waals surface area (Å²) in [5, 5.41) is 14.3. The summed E-state index contributed by atoms with van der Waals surface area (Å²) in [6.07, 6.45) is 0. The van der Waals surface area contributed by atoms with Gasteiger partial charge in [0.1, 0.15) is 0 Å². The van der Waals surface area contributed by atoms with Crippen LogP contribution < -0.4 is 5.32 Å². The third-order valence-corrected chi connectivity index (χ3v) is 6.75. The molecular weight excluding hydrogens is 342 g/mol. The number of non-ortho nitro benzene ring substituents is 1. The van der Waals surface area contributed by atoms with E-state index in [9.17, 15) is 18.5 Å². The molecule has 1 N–H and O–H groups in total. The van der Waals surface area contributed by atoms with E-state index < -0.39 is 14.9 Å². The van der Waals surface area contributed by atoms with Crippen molar-refractivity contribution in [3.05, 3.63) is 33.4 Å². The number of fused-ring (bicyclic) bond motifs is 1. The number of sulfonamides is 1. The van der Waals surface area contributed by atoms with Crippen LogP contribution in [0.2, 0.25) is 0 Å². The van der Waals surface area contributed by atoms with Crippen molar-refractivity contribution >= 4 is 28.1 Å². The van der Waals surface area contributed by atoms with Crippen molar-refractivity contribution in [1.29, 1.82) is 0 Å². The number of nitro benzene ring substituents is 1. The fourth-order valence-corrected chi connectivity index (χ4v) is 5.20. The van der Waals surface area contributed by atoms with Crippen molar-refractivity contribution in [3.8, 4) is 0 Å². The first-order valence-corrected chi connectivity index (χ1v) is 8.71. The Bertz CT molecular complexity index is 726. The second-order valence-electron chi connectivity index (χ2n) is 6.14. The quantitative estimate of drug-likeness (QED) is 0.650. The van der Waals surface area contributed by atoms with E-state index in [2.05, 4.69) is 5.32 Å². The van der Waals surface area contributed by atoms with Gasteiger partial charge in [-0.25, -0.2) is 8.42 Å². The number of hydrogen-bond donors (Lipinski definition) is 1. The van der Waals surface area contributed by atoms with Gasteiger partial charge in [0.2, 0.25) is 10.0 Å². The highest BCUT2D eigenvalue weighted by atomic mass is 35.5. The van der Waals surface area contributed by atoms with Crippen molar-refractivity contribution < 1.29 is 13.3 Å². The Morgan fingerprint density at radius 2 is 1.78 bits per heavy atom. The molecule has 0 spiro atoms. The summed E-state index contributed by atoms with van der Waals surface area (Å²) in [6, 6.07) is 2.60. The van der Waals surface area contributed by atoms with Crippen LogP contribution in [0.1, 0.15) is 11.1 Å². The largest absolute Gasteiger partial charge is 0.316 e. The molecule has 0 unspecified atom stereocenters. The van der Waals surface area contributed by atoms with Gasteiger partial charge < -0.3 is 5.32 Å². The van der Waals surface area contributed by atoms with Crippen LogP contribution in [0, 0.1) is 35.8 Å². The van der Waals surface area contributed by atoms with Gasteiger partial charge >= 0.3 is 0 Å². The highest BCUT2D eigenvalue weighted by Gasteiger charge is 2.42. The number of rotatable bonds is 3. The molecule has 2 aliphatic rings. The molecule has 3 rings (SSSR count). The monoisotopic (exact) mass is 361 g/mol. The van der Waals surface area contributed by atoms with Gasteiger partial charge in [-0.05, 0) is 49.9 Å². The lowest BCUT2D eigenvalue weighted by Crippen LogP contribution is -2.32. The predicted octanol–water partition coefficient (Wildman–Crippen LogP) is 1.47. The molecule has 0 bridgehead atoms. The van der Waals surface area contributed by atoms with Crippen LogP contribution in [0.25, 0.3) is 0 Å². The van der Waals surface area contributed by atoms with Crippen molar-refractivity contribution in [2.75, 3.05) is 26.2 Å². The number of nitrogens with zero attached hydrogens (tertiary/aromatic N) is 2. The number of nitro groups is 1. The van der Waals surface area contributed by atoms with Gasteiger partial charge in [0.15, 0.2) is 0 Å². The molecule has 0 amide bonds. The molecule has 0 aliphatic carbocycles. The molecule has 2 saturated heterocycles. The zero-order valence-corrected chi connectivity index (χ0v) is 14.6. The molecule has 1 aromatic carbocycles. The van der Waals surface area contributed by atoms with E-state index in [0.29, 0.717) is 36.1 Å². The molecular formula is C14H20ClN3O4S. The maximum Gasteiger partial charge on any atom is 0.271 e. The van der Waals surface area contributed by atoms with Crippen molar-refractivity contribution in [3.63, 3.8) is 0 Å². The zero-order chi connectivity index (χ0) is 16.1. The van der Waals surface area contributed by atoms with Crippen molar-refractivity contribution in [1.82, 2.24) is 9.62 Å². The highest BCUT2D eigenvalue weighted by Crippen LogP contribution is 2.33. The SMILES string of the molecule is Cc1cc([N+](=O)[O-])cc(S(=O)(=O)N2C[C@H]3CNC[C@H]3C2)c1C.Cl. The van der Waals surface area contributed by atoms with Crippen LogP contribution in [0.5, 0.6) is 0 Å². The molecule has 128 valence electrons. The van der Waals surface area contributed by atoms with Gasteiger partial charge in [-0.1, -0.05) is 0 Å². The lowest BCUT2D eigenvalue weighted by Gasteiger charge is -2.19. The van der Waals surface area contributed by atoms with E-state index in [1.165, 1.54) is 16.4 Å². The molecule has 2 atom stereocenters. The maximum atomic E-state index is 12.9. The summed E-state index contributed by atoms with van der Waals surface area (Å²) in [5.74, 6) is 0.685. The van der Waals surface area contributed by atoms with Crippen LogP contribution in [-0.2, 0) is 10.0 Å². The first-order chi connectivity index (χ1) is 10.3. The van der Waals surface area contributed by atoms with Crippen molar-refractivity contribution in [2.24, 2.45) is 11.8 Å². The van der Waals surface area contributed by atoms with E-state index in [1.54, 1.807) is 13.8 Å². The number of hydrogen-bond acceptors (Lipinski definition) is 5. The summed E-state index contributed by atoms with van der Waals surface area (Å²) in [5.41, 5.74) is 1.03. The molecule has 23 heavy (non-hydrogen) atoms. The fourth-order valence-electron chi connectivity index (χ4n) is 3.33. The molecule has 1 aromatic rings. The van der Waals surface area contributed by atoms with Gasteiger partial charge in [-0.15, -0.1) is 12.4 Å². The Morgan fingerprint density at radius 1 is 1.22 bits per heavy atom. The molecule has 2 heterocycles. The summed E-state index contributed by atoms with van der Waals surface area (Å²) in [6.45, 7) is 6.05. The molecule has 7 nitrogen and oxygen atoms in total. The summed E-state index contributed by atoms with van der Waals surface area (Å²) < 4.78 is 27.3. The van der Waals surface area contributed by atoms with Crippen LogP contribution in [0.4, 0.5) is 5.69 Å². The van der Waals surface area contributed by atoms with Gasteiger partial charge in [0.25, 0.3) is 5.69 Å². The topological polar surface area (TPSA) is 92.5 Å². The Hall–Kier alpha value is -1.22. The zero-order valence-electron chi connectivity index (χ0n) is 13.0. The number of nitrogens with one attached hydrogen (secondary N) is 1. The Morgan fingerprint density at radius 3 is 2.30 bits per heavy atom.